The number of carbonyl (C=O) groups is 3. The van der Waals surface area contributed by atoms with E-state index in [1.54, 1.807) is 30.4 Å². The highest BCUT2D eigenvalue weighted by molar-refractivity contribution is 8.20. The zero-order chi connectivity index (χ0) is 37.3. The number of hydrogen-bond acceptors (Lipinski definition) is 9. The highest BCUT2D eigenvalue weighted by Crippen LogP contribution is 2.54. The van der Waals surface area contributed by atoms with Crippen LogP contribution in [0.15, 0.2) is 0 Å². The molecule has 10 nitrogen and oxygen atoms in total. The van der Waals surface area contributed by atoms with Crippen LogP contribution >= 0.6 is 43.0 Å². The Bertz CT molecular complexity index is 1020. The first kappa shape index (κ1) is 46.9. The van der Waals surface area contributed by atoms with Crippen molar-refractivity contribution in [2.45, 2.75) is 152 Å². The molecular weight excluding hydrogens is 726 g/mol. The lowest BCUT2D eigenvalue weighted by molar-refractivity contribution is -0.143. The second-order valence-corrected chi connectivity index (χ2v) is 20.6. The normalized spacial score (nSPS) is 19.9. The van der Waals surface area contributed by atoms with Gasteiger partial charge in [0.2, 0.25) is 5.91 Å². The predicted molar refractivity (Wildman–Crippen MR) is 217 cm³/mol. The van der Waals surface area contributed by atoms with Crippen LogP contribution in [0.2, 0.25) is 0 Å². The minimum Gasteiger partial charge on any atom is -0.466 e. The van der Waals surface area contributed by atoms with Gasteiger partial charge in [0.1, 0.15) is 6.04 Å². The van der Waals surface area contributed by atoms with Crippen molar-refractivity contribution in [3.05, 3.63) is 0 Å². The van der Waals surface area contributed by atoms with Crippen LogP contribution in [0.5, 0.6) is 0 Å². The quantitative estimate of drug-likeness (QED) is 0.0347. The monoisotopic (exact) mass is 795 g/mol. The standard InChI is InChI=1S/C37H70N3O7PS3/c1-4-5-6-7-8-9-10-11-12-13-14-15-16-19-24-47-36(43)22-20-25-49-29-31(2)37(44)38-32(28-41)33(42)21-17-18-23-39(3)48(45,46)40-26-34-35(27-40)51-30-50-34/h31-32,34-35,41H,4-30H2,1-3H3,(H,38,44)(H,45,46)/t31-,32-,34-,35?/m0/s1. The minimum absolute atomic E-state index is 0.163. The molecule has 0 aromatic heterocycles. The molecule has 2 rings (SSSR count). The van der Waals surface area contributed by atoms with E-state index in [0.717, 1.165) is 23.7 Å². The van der Waals surface area contributed by atoms with Gasteiger partial charge in [-0.3, -0.25) is 18.9 Å². The molecule has 2 fully saturated rings. The van der Waals surface area contributed by atoms with E-state index < -0.39 is 20.3 Å². The van der Waals surface area contributed by atoms with Crippen LogP contribution in [-0.2, 0) is 23.7 Å². The Morgan fingerprint density at radius 1 is 0.882 bits per heavy atom. The van der Waals surface area contributed by atoms with Gasteiger partial charge >= 0.3 is 13.6 Å². The van der Waals surface area contributed by atoms with E-state index >= 15 is 0 Å². The molecule has 1 amide bonds. The number of ketones is 1. The SMILES string of the molecule is CCCCCCCCCCCCCCCCOC(=O)CCCSC[C@H](C)C(=O)N[C@@H](CO)C(=O)CCCCN(C)P(=O)(O)N1CC2SCS[C@H]2C1. The number of nitrogens with one attached hydrogen (secondary N) is 1. The van der Waals surface area contributed by atoms with Crippen LogP contribution < -0.4 is 5.32 Å². The summed E-state index contributed by atoms with van der Waals surface area (Å²) < 4.78 is 21.7. The van der Waals surface area contributed by atoms with Crippen molar-refractivity contribution in [2.24, 2.45) is 5.92 Å². The molecule has 0 aliphatic carbocycles. The molecule has 2 saturated heterocycles. The maximum atomic E-state index is 13.1. The number of aliphatic hydroxyl groups is 1. The van der Waals surface area contributed by atoms with Gasteiger partial charge in [-0.1, -0.05) is 97.3 Å². The van der Waals surface area contributed by atoms with Crippen molar-refractivity contribution < 1.29 is 33.7 Å². The van der Waals surface area contributed by atoms with E-state index in [2.05, 4.69) is 12.2 Å². The molecule has 0 saturated carbocycles. The van der Waals surface area contributed by atoms with E-state index in [4.69, 9.17) is 4.74 Å². The fourth-order valence-electron chi connectivity index (χ4n) is 6.38. The Morgan fingerprint density at radius 2 is 1.45 bits per heavy atom. The van der Waals surface area contributed by atoms with Gasteiger partial charge in [0.15, 0.2) is 5.78 Å². The number of ether oxygens (including phenoxy) is 1. The van der Waals surface area contributed by atoms with Crippen molar-refractivity contribution in [3.8, 4) is 0 Å². The number of aliphatic hydroxyl groups excluding tert-OH is 1. The molecule has 3 N–H and O–H groups in total. The highest BCUT2D eigenvalue weighted by Gasteiger charge is 2.45. The summed E-state index contributed by atoms with van der Waals surface area (Å²) in [7, 11) is -1.95. The molecule has 0 spiro atoms. The van der Waals surface area contributed by atoms with Gasteiger partial charge in [-0.05, 0) is 38.5 Å². The minimum atomic E-state index is -3.61. The summed E-state index contributed by atoms with van der Waals surface area (Å²) in [4.78, 5) is 48.3. The second-order valence-electron chi connectivity index (χ2n) is 14.4. The van der Waals surface area contributed by atoms with Crippen molar-refractivity contribution >= 4 is 60.6 Å². The second kappa shape index (κ2) is 28.2. The van der Waals surface area contributed by atoms with E-state index in [1.807, 2.05) is 23.5 Å². The molecule has 298 valence electrons. The number of amides is 1. The Kier molecular flexibility index (Phi) is 25.9. The number of Topliss-reactive ketones (excluding diaryl/α,β-unsaturated/α-hetero) is 1. The number of hydrogen-bond donors (Lipinski definition) is 3. The lowest BCUT2D eigenvalue weighted by Crippen LogP contribution is -2.45. The average Bonchev–Trinajstić information content (AvgIpc) is 3.74. The molecule has 14 heteroatoms. The third-order valence-electron chi connectivity index (χ3n) is 9.86. The number of rotatable bonds is 32. The number of fused-ring (bicyclic) bond motifs is 1. The third kappa shape index (κ3) is 19.8. The van der Waals surface area contributed by atoms with Crippen LogP contribution in [0, 0.1) is 5.92 Å². The predicted octanol–water partition coefficient (Wildman–Crippen LogP) is 7.90. The first-order valence-electron chi connectivity index (χ1n) is 19.8. The number of carbonyl (C=O) groups excluding carboxylic acids is 3. The summed E-state index contributed by atoms with van der Waals surface area (Å²) in [6.07, 6.45) is 20.5. The van der Waals surface area contributed by atoms with Gasteiger partial charge in [-0.25, -0.2) is 9.34 Å². The van der Waals surface area contributed by atoms with Crippen molar-refractivity contribution in [1.29, 1.82) is 0 Å². The maximum Gasteiger partial charge on any atom is 0.343 e. The lowest BCUT2D eigenvalue weighted by atomic mass is 10.0. The topological polar surface area (TPSA) is 136 Å². The summed E-state index contributed by atoms with van der Waals surface area (Å²) in [5.74, 6) is 0.253. The van der Waals surface area contributed by atoms with Gasteiger partial charge in [0, 0.05) is 59.7 Å². The van der Waals surface area contributed by atoms with Crippen LogP contribution in [0.25, 0.3) is 0 Å². The van der Waals surface area contributed by atoms with Gasteiger partial charge in [-0.15, -0.1) is 23.5 Å². The molecular formula is C37H70N3O7PS3. The Morgan fingerprint density at radius 3 is 2.02 bits per heavy atom. The van der Waals surface area contributed by atoms with Gasteiger partial charge in [-0.2, -0.15) is 11.8 Å². The molecule has 0 radical (unpaired) electrons. The third-order valence-corrected chi connectivity index (χ3v) is 16.4. The summed E-state index contributed by atoms with van der Waals surface area (Å²) in [5.41, 5.74) is 0. The van der Waals surface area contributed by atoms with E-state index in [9.17, 15) is 28.9 Å². The largest absolute Gasteiger partial charge is 0.466 e. The van der Waals surface area contributed by atoms with Crippen molar-refractivity contribution in [1.82, 2.24) is 14.7 Å². The van der Waals surface area contributed by atoms with Crippen molar-refractivity contribution in [3.63, 3.8) is 0 Å². The number of thioether (sulfide) groups is 3. The Balaban J connectivity index is 1.43. The molecule has 2 aliphatic rings. The smallest absolute Gasteiger partial charge is 0.343 e. The van der Waals surface area contributed by atoms with Gasteiger partial charge in [0.05, 0.1) is 13.2 Å². The number of esters is 1. The van der Waals surface area contributed by atoms with Crippen LogP contribution in [0.1, 0.15) is 136 Å². The van der Waals surface area contributed by atoms with Crippen LogP contribution in [-0.4, -0.2) is 110 Å². The zero-order valence-corrected chi connectivity index (χ0v) is 35.2. The Labute approximate surface area is 322 Å². The maximum absolute atomic E-state index is 13.1. The molecule has 0 bridgehead atoms. The number of nitrogens with zero attached hydrogens (tertiary/aromatic N) is 2. The van der Waals surface area contributed by atoms with Gasteiger partial charge in [0.25, 0.3) is 0 Å². The highest BCUT2D eigenvalue weighted by atomic mass is 32.2. The average molecular weight is 796 g/mol. The number of unbranched alkanes of at least 4 members (excludes halogenated alkanes) is 14. The molecule has 0 aromatic carbocycles. The van der Waals surface area contributed by atoms with E-state index in [1.165, 1.54) is 81.7 Å². The fraction of sp³-hybridized carbons (Fsp3) is 0.919. The van der Waals surface area contributed by atoms with Crippen LogP contribution in [0.3, 0.4) is 0 Å². The Hall–Kier alpha value is -0.270. The summed E-state index contributed by atoms with van der Waals surface area (Å²) in [6, 6.07) is -0.958. The molecule has 0 aromatic rings. The molecule has 51 heavy (non-hydrogen) atoms. The first-order valence-corrected chi connectivity index (χ1v) is 24.6. The van der Waals surface area contributed by atoms with E-state index in [-0.39, 0.29) is 30.0 Å². The molecule has 5 atom stereocenters. The fourth-order valence-corrected chi connectivity index (χ4v) is 12.6. The zero-order valence-electron chi connectivity index (χ0n) is 31.9. The first-order chi connectivity index (χ1) is 24.6. The van der Waals surface area contributed by atoms with E-state index in [0.29, 0.717) is 68.2 Å². The molecule has 2 heterocycles. The summed E-state index contributed by atoms with van der Waals surface area (Å²) >= 11 is 5.31. The summed E-state index contributed by atoms with van der Waals surface area (Å²) in [6.45, 7) is 5.72. The van der Waals surface area contributed by atoms with Crippen molar-refractivity contribution in [2.75, 3.05) is 56.5 Å². The lowest BCUT2D eigenvalue weighted by Gasteiger charge is -2.30. The van der Waals surface area contributed by atoms with Crippen LogP contribution in [0.4, 0.5) is 0 Å². The molecule has 2 aliphatic heterocycles. The molecule has 2 unspecified atom stereocenters. The summed E-state index contributed by atoms with van der Waals surface area (Å²) in [5, 5.41) is 14.3. The van der Waals surface area contributed by atoms with Gasteiger partial charge < -0.3 is 20.1 Å².